The molecule has 0 amide bonds. The maximum Gasteiger partial charge on any atom is 0.0952 e. The van der Waals surface area contributed by atoms with Gasteiger partial charge in [-0.3, -0.25) is 0 Å². The lowest BCUT2D eigenvalue weighted by Gasteiger charge is -2.42. The maximum absolute atomic E-state index is 11.0. The molecule has 0 saturated carbocycles. The Morgan fingerprint density at radius 1 is 1.28 bits per heavy atom. The summed E-state index contributed by atoms with van der Waals surface area (Å²) in [7, 11) is 0. The highest BCUT2D eigenvalue weighted by molar-refractivity contribution is 5.83. The molecule has 1 aliphatic heterocycles. The van der Waals surface area contributed by atoms with Crippen LogP contribution in [0.1, 0.15) is 32.3 Å². The Kier molecular flexibility index (Phi) is 2.50. The van der Waals surface area contributed by atoms with Crippen molar-refractivity contribution in [1.82, 2.24) is 4.98 Å². The minimum atomic E-state index is -0.788. The first-order valence-electron chi connectivity index (χ1n) is 6.43. The number of H-pyrrole nitrogens is 1. The molecule has 1 aliphatic rings. The predicted octanol–water partition coefficient (Wildman–Crippen LogP) is 2.94. The number of fused-ring (bicyclic) bond motifs is 1. The topological polar surface area (TPSA) is 45.2 Å². The molecule has 0 radical (unpaired) electrons. The molecule has 1 aromatic carbocycles. The van der Waals surface area contributed by atoms with E-state index < -0.39 is 5.60 Å². The first-order chi connectivity index (χ1) is 8.50. The highest BCUT2D eigenvalue weighted by Crippen LogP contribution is 2.41. The van der Waals surface area contributed by atoms with Gasteiger partial charge in [-0.2, -0.15) is 0 Å². The van der Waals surface area contributed by atoms with Crippen LogP contribution in [0, 0.1) is 0 Å². The molecule has 2 heterocycles. The Balaban J connectivity index is 2.10. The van der Waals surface area contributed by atoms with Crippen molar-refractivity contribution in [3.8, 4) is 0 Å². The molecule has 1 unspecified atom stereocenters. The van der Waals surface area contributed by atoms with Crippen molar-refractivity contribution in [1.29, 1.82) is 0 Å². The van der Waals surface area contributed by atoms with E-state index >= 15 is 0 Å². The van der Waals surface area contributed by atoms with Crippen LogP contribution in [-0.2, 0) is 10.3 Å². The van der Waals surface area contributed by atoms with Gasteiger partial charge in [0.2, 0.25) is 0 Å². The van der Waals surface area contributed by atoms with Gasteiger partial charge in [0, 0.05) is 29.9 Å². The fourth-order valence-electron chi connectivity index (χ4n) is 3.06. The van der Waals surface area contributed by atoms with Gasteiger partial charge in [-0.15, -0.1) is 0 Å². The summed E-state index contributed by atoms with van der Waals surface area (Å²) in [4.78, 5) is 3.19. The molecule has 2 N–H and O–H groups in total. The highest BCUT2D eigenvalue weighted by Gasteiger charge is 2.41. The van der Waals surface area contributed by atoms with Gasteiger partial charge in [0.1, 0.15) is 0 Å². The molecule has 1 saturated heterocycles. The van der Waals surface area contributed by atoms with Gasteiger partial charge >= 0.3 is 0 Å². The number of nitrogens with one attached hydrogen (secondary N) is 1. The van der Waals surface area contributed by atoms with E-state index in [2.05, 4.69) is 4.98 Å². The van der Waals surface area contributed by atoms with E-state index in [0.717, 1.165) is 16.5 Å². The number of benzene rings is 1. The van der Waals surface area contributed by atoms with Gasteiger partial charge in [-0.1, -0.05) is 12.1 Å². The number of hydrogen-bond acceptors (Lipinski definition) is 2. The molecule has 3 rings (SSSR count). The largest absolute Gasteiger partial charge is 0.385 e. The maximum atomic E-state index is 11.0. The molecule has 18 heavy (non-hydrogen) atoms. The fraction of sp³-hybridized carbons (Fsp3) is 0.467. The molecule has 1 fully saturated rings. The zero-order valence-electron chi connectivity index (χ0n) is 10.9. The average Bonchev–Trinajstić information content (AvgIpc) is 2.74. The first-order valence-corrected chi connectivity index (χ1v) is 6.43. The smallest absolute Gasteiger partial charge is 0.0952 e. The highest BCUT2D eigenvalue weighted by atomic mass is 16.5. The van der Waals surface area contributed by atoms with Crippen LogP contribution in [0.5, 0.6) is 0 Å². The normalized spacial score (nSPS) is 27.5. The molecule has 1 aromatic heterocycles. The first kappa shape index (κ1) is 11.8. The summed E-state index contributed by atoms with van der Waals surface area (Å²) in [6, 6.07) is 8.09. The zero-order chi connectivity index (χ0) is 12.8. The monoisotopic (exact) mass is 245 g/mol. The molecule has 3 heteroatoms. The number of aromatic nitrogens is 1. The van der Waals surface area contributed by atoms with Crippen LogP contribution in [0.15, 0.2) is 30.5 Å². The second-order valence-electron chi connectivity index (χ2n) is 5.81. The lowest BCUT2D eigenvalue weighted by molar-refractivity contribution is -0.147. The quantitative estimate of drug-likeness (QED) is 0.811. The van der Waals surface area contributed by atoms with Crippen LogP contribution >= 0.6 is 0 Å². The van der Waals surface area contributed by atoms with E-state index in [4.69, 9.17) is 4.74 Å². The SMILES string of the molecule is CC1(C)CC(O)(c2cccc3[nH]ccc23)CCO1. The van der Waals surface area contributed by atoms with Crippen LogP contribution in [0.3, 0.4) is 0 Å². The predicted molar refractivity (Wildman–Crippen MR) is 71.5 cm³/mol. The van der Waals surface area contributed by atoms with Crippen molar-refractivity contribution >= 4 is 10.9 Å². The number of rotatable bonds is 1. The third-order valence-corrected chi connectivity index (χ3v) is 3.82. The molecule has 96 valence electrons. The van der Waals surface area contributed by atoms with E-state index in [1.807, 2.05) is 44.3 Å². The standard InChI is InChI=1S/C15H19NO2/c1-14(2)10-15(17,7-9-18-14)12-4-3-5-13-11(12)6-8-16-13/h3-6,8,16-17H,7,9-10H2,1-2H3. The molecular weight excluding hydrogens is 226 g/mol. The summed E-state index contributed by atoms with van der Waals surface area (Å²) in [5.41, 5.74) is 1.03. The van der Waals surface area contributed by atoms with Gasteiger partial charge in [0.25, 0.3) is 0 Å². The Labute approximate surface area is 107 Å². The van der Waals surface area contributed by atoms with Gasteiger partial charge in [0.15, 0.2) is 0 Å². The minimum Gasteiger partial charge on any atom is -0.385 e. The Morgan fingerprint density at radius 2 is 2.11 bits per heavy atom. The van der Waals surface area contributed by atoms with Gasteiger partial charge in [0.05, 0.1) is 17.8 Å². The molecule has 0 bridgehead atoms. The van der Waals surface area contributed by atoms with Crippen molar-refractivity contribution in [3.05, 3.63) is 36.0 Å². The minimum absolute atomic E-state index is 0.272. The third-order valence-electron chi connectivity index (χ3n) is 3.82. The Bertz CT molecular complexity index is 573. The van der Waals surface area contributed by atoms with Crippen molar-refractivity contribution in [2.24, 2.45) is 0 Å². The molecule has 3 nitrogen and oxygen atoms in total. The van der Waals surface area contributed by atoms with E-state index in [-0.39, 0.29) is 5.60 Å². The lowest BCUT2D eigenvalue weighted by atomic mass is 9.78. The third kappa shape index (κ3) is 1.84. The number of hydrogen-bond donors (Lipinski definition) is 2. The van der Waals surface area contributed by atoms with E-state index in [0.29, 0.717) is 19.4 Å². The summed E-state index contributed by atoms with van der Waals surface area (Å²) in [5.74, 6) is 0. The second kappa shape index (κ2) is 3.84. The fourth-order valence-corrected chi connectivity index (χ4v) is 3.06. The van der Waals surface area contributed by atoms with E-state index in [1.54, 1.807) is 0 Å². The van der Waals surface area contributed by atoms with E-state index in [9.17, 15) is 5.11 Å². The zero-order valence-corrected chi connectivity index (χ0v) is 10.9. The number of aliphatic hydroxyl groups is 1. The van der Waals surface area contributed by atoms with Crippen LogP contribution in [-0.4, -0.2) is 22.3 Å². The van der Waals surface area contributed by atoms with Crippen molar-refractivity contribution < 1.29 is 9.84 Å². The average molecular weight is 245 g/mol. The molecular formula is C15H19NO2. The number of aromatic amines is 1. The van der Waals surface area contributed by atoms with Gasteiger partial charge in [-0.05, 0) is 31.5 Å². The molecule has 1 atom stereocenters. The van der Waals surface area contributed by atoms with E-state index in [1.165, 1.54) is 0 Å². The van der Waals surface area contributed by atoms with Gasteiger partial charge < -0.3 is 14.8 Å². The van der Waals surface area contributed by atoms with Crippen LogP contribution in [0.2, 0.25) is 0 Å². The summed E-state index contributed by atoms with van der Waals surface area (Å²) in [5, 5.41) is 12.1. The molecule has 0 spiro atoms. The van der Waals surface area contributed by atoms with Crippen LogP contribution in [0.4, 0.5) is 0 Å². The van der Waals surface area contributed by atoms with Crippen molar-refractivity contribution in [2.45, 2.75) is 37.9 Å². The van der Waals surface area contributed by atoms with Gasteiger partial charge in [-0.25, -0.2) is 0 Å². The van der Waals surface area contributed by atoms with Crippen molar-refractivity contribution in [3.63, 3.8) is 0 Å². The molecule has 2 aromatic rings. The summed E-state index contributed by atoms with van der Waals surface area (Å²) in [6.07, 6.45) is 3.20. The molecule has 0 aliphatic carbocycles. The summed E-state index contributed by atoms with van der Waals surface area (Å²) < 4.78 is 5.71. The Hall–Kier alpha value is -1.32. The summed E-state index contributed by atoms with van der Waals surface area (Å²) >= 11 is 0. The summed E-state index contributed by atoms with van der Waals surface area (Å²) in [6.45, 7) is 4.67. The number of ether oxygens (including phenoxy) is 1. The van der Waals surface area contributed by atoms with Crippen molar-refractivity contribution in [2.75, 3.05) is 6.61 Å². The van der Waals surface area contributed by atoms with Crippen LogP contribution in [0.25, 0.3) is 10.9 Å². The second-order valence-corrected chi connectivity index (χ2v) is 5.81. The lowest BCUT2D eigenvalue weighted by Crippen LogP contribution is -2.43. The Morgan fingerprint density at radius 3 is 2.89 bits per heavy atom. The van der Waals surface area contributed by atoms with Crippen LogP contribution < -0.4 is 0 Å².